The summed E-state index contributed by atoms with van der Waals surface area (Å²) in [6, 6.07) is 5.10. The van der Waals surface area contributed by atoms with Crippen LogP contribution in [0.4, 0.5) is 0 Å². The molecule has 15 heavy (non-hydrogen) atoms. The van der Waals surface area contributed by atoms with Crippen molar-refractivity contribution in [3.63, 3.8) is 0 Å². The number of carbonyl (C=O) groups excluding carboxylic acids is 1. The molecule has 0 saturated carbocycles. The second-order valence-electron chi connectivity index (χ2n) is 2.97. The summed E-state index contributed by atoms with van der Waals surface area (Å²) in [6.45, 7) is 1.80. The van der Waals surface area contributed by atoms with Gasteiger partial charge in [0.25, 0.3) is 0 Å². The van der Waals surface area contributed by atoms with Crippen molar-refractivity contribution in [2.75, 3.05) is 14.2 Å². The summed E-state index contributed by atoms with van der Waals surface area (Å²) in [5.74, 6) is 1.17. The molecule has 3 nitrogen and oxygen atoms in total. The second kappa shape index (κ2) is 5.20. The van der Waals surface area contributed by atoms with Gasteiger partial charge >= 0.3 is 0 Å². The minimum atomic E-state index is -0.0605. The molecule has 0 unspecified atom stereocenters. The highest BCUT2D eigenvalue weighted by atomic mass is 16.5. The normalized spacial score (nSPS) is 10.3. The maximum atomic E-state index is 11.6. The van der Waals surface area contributed by atoms with E-state index in [0.717, 1.165) is 0 Å². The van der Waals surface area contributed by atoms with Crippen molar-refractivity contribution in [3.05, 3.63) is 35.9 Å². The topological polar surface area (TPSA) is 35.5 Å². The van der Waals surface area contributed by atoms with Gasteiger partial charge in [-0.15, -0.1) is 0 Å². The van der Waals surface area contributed by atoms with Crippen LogP contribution in [0.25, 0.3) is 0 Å². The Morgan fingerprint density at radius 3 is 2.07 bits per heavy atom. The molecule has 1 rings (SSSR count). The number of rotatable bonds is 4. The lowest BCUT2D eigenvalue weighted by Crippen LogP contribution is -1.96. The van der Waals surface area contributed by atoms with Crippen molar-refractivity contribution >= 4 is 5.78 Å². The van der Waals surface area contributed by atoms with Crippen LogP contribution in [0.5, 0.6) is 11.5 Å². The van der Waals surface area contributed by atoms with E-state index in [4.69, 9.17) is 9.47 Å². The first kappa shape index (κ1) is 11.3. The number of allylic oxidation sites excluding steroid dienone is 2. The number of ketones is 1. The predicted octanol–water partition coefficient (Wildman–Crippen LogP) is 2.46. The van der Waals surface area contributed by atoms with Crippen LogP contribution >= 0.6 is 0 Å². The summed E-state index contributed by atoms with van der Waals surface area (Å²) in [6.07, 6.45) is 3.21. The Bertz CT molecular complexity index is 358. The van der Waals surface area contributed by atoms with Gasteiger partial charge in [0.15, 0.2) is 5.78 Å². The number of ether oxygens (including phenoxy) is 2. The highest BCUT2D eigenvalue weighted by Crippen LogP contribution is 2.22. The highest BCUT2D eigenvalue weighted by Gasteiger charge is 2.06. The molecule has 0 radical (unpaired) electrons. The molecular weight excluding hydrogens is 192 g/mol. The molecule has 0 aromatic heterocycles. The van der Waals surface area contributed by atoms with E-state index < -0.39 is 0 Å². The van der Waals surface area contributed by atoms with Gasteiger partial charge in [-0.05, 0) is 25.1 Å². The van der Waals surface area contributed by atoms with Gasteiger partial charge < -0.3 is 9.47 Å². The Labute approximate surface area is 89.3 Å². The average molecular weight is 206 g/mol. The molecule has 0 aliphatic heterocycles. The number of carbonyl (C=O) groups is 1. The third-order valence-corrected chi connectivity index (χ3v) is 1.95. The average Bonchev–Trinajstić information content (AvgIpc) is 2.28. The van der Waals surface area contributed by atoms with Gasteiger partial charge in [0.1, 0.15) is 11.5 Å². The van der Waals surface area contributed by atoms with Crippen LogP contribution in [0.2, 0.25) is 0 Å². The minimum Gasteiger partial charge on any atom is -0.497 e. The Morgan fingerprint density at radius 2 is 1.67 bits per heavy atom. The van der Waals surface area contributed by atoms with Crippen LogP contribution in [-0.2, 0) is 0 Å². The third-order valence-electron chi connectivity index (χ3n) is 1.95. The van der Waals surface area contributed by atoms with Crippen LogP contribution < -0.4 is 9.47 Å². The van der Waals surface area contributed by atoms with Crippen molar-refractivity contribution < 1.29 is 14.3 Å². The molecule has 0 heterocycles. The summed E-state index contributed by atoms with van der Waals surface area (Å²) in [5.41, 5.74) is 0.560. The van der Waals surface area contributed by atoms with Gasteiger partial charge in [-0.1, -0.05) is 6.08 Å². The molecule has 80 valence electrons. The monoisotopic (exact) mass is 206 g/mol. The fourth-order valence-electron chi connectivity index (χ4n) is 1.20. The quantitative estimate of drug-likeness (QED) is 0.560. The zero-order chi connectivity index (χ0) is 11.3. The Morgan fingerprint density at radius 1 is 1.13 bits per heavy atom. The fourth-order valence-corrected chi connectivity index (χ4v) is 1.20. The molecule has 0 atom stereocenters. The van der Waals surface area contributed by atoms with Crippen LogP contribution in [-0.4, -0.2) is 20.0 Å². The molecule has 0 saturated heterocycles. The highest BCUT2D eigenvalue weighted by molar-refractivity contribution is 6.05. The van der Waals surface area contributed by atoms with Gasteiger partial charge in [-0.25, -0.2) is 0 Å². The number of hydrogen-bond donors (Lipinski definition) is 0. The van der Waals surface area contributed by atoms with Crippen molar-refractivity contribution in [1.29, 1.82) is 0 Å². The molecule has 0 spiro atoms. The van der Waals surface area contributed by atoms with Gasteiger partial charge in [0.05, 0.1) is 14.2 Å². The van der Waals surface area contributed by atoms with Gasteiger partial charge in [0.2, 0.25) is 0 Å². The fraction of sp³-hybridized carbons (Fsp3) is 0.250. The van der Waals surface area contributed by atoms with Crippen LogP contribution in [0.3, 0.4) is 0 Å². The summed E-state index contributed by atoms with van der Waals surface area (Å²) in [7, 11) is 3.11. The Kier molecular flexibility index (Phi) is 3.92. The van der Waals surface area contributed by atoms with Crippen molar-refractivity contribution in [3.8, 4) is 11.5 Å². The van der Waals surface area contributed by atoms with E-state index in [2.05, 4.69) is 0 Å². The lowest BCUT2D eigenvalue weighted by Gasteiger charge is -2.06. The van der Waals surface area contributed by atoms with E-state index in [1.165, 1.54) is 6.08 Å². The SMILES string of the molecule is C/C=C/C(=O)c1cc(OC)cc(OC)c1. The largest absolute Gasteiger partial charge is 0.497 e. The number of benzene rings is 1. The molecule has 0 bridgehead atoms. The first-order valence-electron chi connectivity index (χ1n) is 4.61. The van der Waals surface area contributed by atoms with Crippen molar-refractivity contribution in [2.24, 2.45) is 0 Å². The third kappa shape index (κ3) is 2.84. The standard InChI is InChI=1S/C12H14O3/c1-4-5-12(13)9-6-10(14-2)8-11(7-9)15-3/h4-8H,1-3H3/b5-4+. The maximum Gasteiger partial charge on any atom is 0.185 e. The molecule has 1 aromatic rings. The number of hydrogen-bond acceptors (Lipinski definition) is 3. The minimum absolute atomic E-state index is 0.0605. The first-order chi connectivity index (χ1) is 7.21. The molecule has 1 aromatic carbocycles. The number of methoxy groups -OCH3 is 2. The molecule has 3 heteroatoms. The van der Waals surface area contributed by atoms with E-state index in [-0.39, 0.29) is 5.78 Å². The Balaban J connectivity index is 3.11. The smallest absolute Gasteiger partial charge is 0.185 e. The molecule has 0 N–H and O–H groups in total. The second-order valence-corrected chi connectivity index (χ2v) is 2.97. The summed E-state index contributed by atoms with van der Waals surface area (Å²) in [4.78, 5) is 11.6. The van der Waals surface area contributed by atoms with Crippen LogP contribution in [0.15, 0.2) is 30.4 Å². The van der Waals surface area contributed by atoms with Gasteiger partial charge in [0, 0.05) is 11.6 Å². The molecule has 0 amide bonds. The zero-order valence-corrected chi connectivity index (χ0v) is 9.11. The van der Waals surface area contributed by atoms with Gasteiger partial charge in [-0.3, -0.25) is 4.79 Å². The van der Waals surface area contributed by atoms with E-state index >= 15 is 0 Å². The van der Waals surface area contributed by atoms with Crippen molar-refractivity contribution in [2.45, 2.75) is 6.92 Å². The van der Waals surface area contributed by atoms with Crippen LogP contribution in [0.1, 0.15) is 17.3 Å². The summed E-state index contributed by atoms with van der Waals surface area (Å²) in [5, 5.41) is 0. The molecule has 0 aliphatic carbocycles. The molecule has 0 fully saturated rings. The van der Waals surface area contributed by atoms with Crippen LogP contribution in [0, 0.1) is 0 Å². The van der Waals surface area contributed by atoms with E-state index in [1.54, 1.807) is 45.4 Å². The van der Waals surface area contributed by atoms with Gasteiger partial charge in [-0.2, -0.15) is 0 Å². The summed E-state index contributed by atoms with van der Waals surface area (Å²) < 4.78 is 10.1. The van der Waals surface area contributed by atoms with E-state index in [1.807, 2.05) is 0 Å². The lowest BCUT2D eigenvalue weighted by atomic mass is 10.1. The van der Waals surface area contributed by atoms with E-state index in [0.29, 0.717) is 17.1 Å². The lowest BCUT2D eigenvalue weighted by molar-refractivity contribution is 0.104. The molecule has 0 aliphatic rings. The maximum absolute atomic E-state index is 11.6. The van der Waals surface area contributed by atoms with E-state index in [9.17, 15) is 4.79 Å². The van der Waals surface area contributed by atoms with Crippen molar-refractivity contribution in [1.82, 2.24) is 0 Å². The summed E-state index contributed by atoms with van der Waals surface area (Å²) >= 11 is 0. The Hall–Kier alpha value is -1.77. The predicted molar refractivity (Wildman–Crippen MR) is 58.7 cm³/mol. The first-order valence-corrected chi connectivity index (χ1v) is 4.61. The molecular formula is C12H14O3. The zero-order valence-electron chi connectivity index (χ0n) is 9.11.